The summed E-state index contributed by atoms with van der Waals surface area (Å²) in [6, 6.07) is 11.3. The van der Waals surface area contributed by atoms with Crippen LogP contribution in [0.25, 0.3) is 0 Å². The first-order valence-electron chi connectivity index (χ1n) is 7.75. The van der Waals surface area contributed by atoms with E-state index in [-0.39, 0.29) is 12.1 Å². The molecule has 0 atom stereocenters. The molecule has 0 unspecified atom stereocenters. The number of ketones is 1. The van der Waals surface area contributed by atoms with E-state index in [1.807, 2.05) is 24.3 Å². The molecule has 130 valence electrons. The van der Waals surface area contributed by atoms with E-state index in [1.165, 1.54) is 22.6 Å². The number of rotatable bonds is 4. The van der Waals surface area contributed by atoms with Crippen LogP contribution >= 0.6 is 0 Å². The van der Waals surface area contributed by atoms with Crippen LogP contribution in [0.15, 0.2) is 47.4 Å². The van der Waals surface area contributed by atoms with E-state index in [4.69, 9.17) is 4.55 Å². The number of hydrogen-bond donors (Lipinski definition) is 1. The molecule has 0 aliphatic carbocycles. The van der Waals surface area contributed by atoms with Crippen molar-refractivity contribution in [2.24, 2.45) is 0 Å². The van der Waals surface area contributed by atoms with Gasteiger partial charge >= 0.3 is 0 Å². The van der Waals surface area contributed by atoms with Crippen molar-refractivity contribution in [3.63, 3.8) is 0 Å². The van der Waals surface area contributed by atoms with Gasteiger partial charge in [0.25, 0.3) is 21.8 Å². The molecule has 0 spiro atoms. The van der Waals surface area contributed by atoms with Crippen molar-refractivity contribution in [2.45, 2.75) is 31.2 Å². The Labute approximate surface area is 145 Å². The second-order valence-corrected chi connectivity index (χ2v) is 7.69. The van der Waals surface area contributed by atoms with Gasteiger partial charge in [0.05, 0.1) is 22.7 Å². The summed E-state index contributed by atoms with van der Waals surface area (Å²) in [5.74, 6) is -1.10. The molecule has 7 heteroatoms. The maximum absolute atomic E-state index is 12.3. The highest BCUT2D eigenvalue weighted by Gasteiger charge is 2.36. The molecule has 6 nitrogen and oxygen atoms in total. The highest BCUT2D eigenvalue weighted by molar-refractivity contribution is 7.85. The molecule has 25 heavy (non-hydrogen) atoms. The van der Waals surface area contributed by atoms with E-state index in [0.717, 1.165) is 11.6 Å². The molecular weight excluding hydrogens is 342 g/mol. The third-order valence-corrected chi connectivity index (χ3v) is 5.08. The number of carbonyl (C=O) groups excluding carboxylic acids is 2. The standard InChI is InChI=1S/C18H17NO5S/c1-11(2)13-5-3-12(4-6-13)10-19-16-8-7-14(25(22,23)24)9-15(16)17(20)18(19)21/h3-9,11H,10H2,1-2H3,(H,22,23,24). The minimum Gasteiger partial charge on any atom is -0.300 e. The summed E-state index contributed by atoms with van der Waals surface area (Å²) >= 11 is 0. The minimum absolute atomic E-state index is 0.0149. The molecule has 1 heterocycles. The highest BCUT2D eigenvalue weighted by Crippen LogP contribution is 2.32. The van der Waals surface area contributed by atoms with E-state index >= 15 is 0 Å². The van der Waals surface area contributed by atoms with Gasteiger partial charge in [-0.3, -0.25) is 14.1 Å². The molecule has 0 saturated heterocycles. The van der Waals surface area contributed by atoms with Crippen LogP contribution in [-0.4, -0.2) is 24.7 Å². The van der Waals surface area contributed by atoms with Gasteiger partial charge in [0, 0.05) is 0 Å². The second kappa shape index (κ2) is 6.09. The van der Waals surface area contributed by atoms with Gasteiger partial charge in [-0.2, -0.15) is 8.42 Å². The Hall–Kier alpha value is -2.51. The quantitative estimate of drug-likeness (QED) is 0.669. The number of benzene rings is 2. The fourth-order valence-corrected chi connectivity index (χ4v) is 3.29. The number of hydrogen-bond acceptors (Lipinski definition) is 4. The lowest BCUT2D eigenvalue weighted by molar-refractivity contribution is -0.114. The molecule has 1 amide bonds. The fraction of sp³-hybridized carbons (Fsp3) is 0.222. The van der Waals surface area contributed by atoms with E-state index in [0.29, 0.717) is 11.6 Å². The fourth-order valence-electron chi connectivity index (χ4n) is 2.79. The van der Waals surface area contributed by atoms with Crippen LogP contribution < -0.4 is 4.90 Å². The number of fused-ring (bicyclic) bond motifs is 1. The zero-order valence-corrected chi connectivity index (χ0v) is 14.6. The van der Waals surface area contributed by atoms with Crippen molar-refractivity contribution < 1.29 is 22.6 Å². The van der Waals surface area contributed by atoms with Crippen molar-refractivity contribution in [3.05, 3.63) is 59.2 Å². The monoisotopic (exact) mass is 359 g/mol. The average Bonchev–Trinajstić information content (AvgIpc) is 2.79. The van der Waals surface area contributed by atoms with Crippen LogP contribution in [0.1, 0.15) is 41.3 Å². The predicted molar refractivity (Wildman–Crippen MR) is 92.3 cm³/mol. The van der Waals surface area contributed by atoms with Crippen LogP contribution in [0.4, 0.5) is 5.69 Å². The zero-order chi connectivity index (χ0) is 18.4. The highest BCUT2D eigenvalue weighted by atomic mass is 32.2. The molecule has 0 aromatic heterocycles. The molecular formula is C18H17NO5S. The Morgan fingerprint density at radius 1 is 1.04 bits per heavy atom. The molecule has 1 aliphatic heterocycles. The van der Waals surface area contributed by atoms with Gasteiger partial charge < -0.3 is 4.90 Å². The first-order chi connectivity index (χ1) is 11.7. The van der Waals surface area contributed by atoms with Gasteiger partial charge in [0.2, 0.25) is 0 Å². The second-order valence-electron chi connectivity index (χ2n) is 6.27. The maximum Gasteiger partial charge on any atom is 0.299 e. The normalized spacial score (nSPS) is 14.3. The topological polar surface area (TPSA) is 91.8 Å². The van der Waals surface area contributed by atoms with Crippen LogP contribution in [0.5, 0.6) is 0 Å². The van der Waals surface area contributed by atoms with Crippen LogP contribution in [0.3, 0.4) is 0 Å². The van der Waals surface area contributed by atoms with Crippen LogP contribution in [0, 0.1) is 0 Å². The Bertz CT molecular complexity index is 961. The van der Waals surface area contributed by atoms with E-state index in [9.17, 15) is 18.0 Å². The molecule has 1 N–H and O–H groups in total. The predicted octanol–water partition coefficient (Wildman–Crippen LogP) is 2.79. The van der Waals surface area contributed by atoms with Gasteiger partial charge in [-0.25, -0.2) is 0 Å². The Kier molecular flexibility index (Phi) is 4.22. The number of nitrogens with zero attached hydrogens (tertiary/aromatic N) is 1. The third kappa shape index (κ3) is 3.20. The molecule has 0 saturated carbocycles. The SMILES string of the molecule is CC(C)c1ccc(CN2C(=O)C(=O)c3cc(S(=O)(=O)O)ccc32)cc1. The molecule has 0 bridgehead atoms. The lowest BCUT2D eigenvalue weighted by Gasteiger charge is -2.17. The zero-order valence-electron chi connectivity index (χ0n) is 13.8. The lowest BCUT2D eigenvalue weighted by atomic mass is 10.0. The summed E-state index contributed by atoms with van der Waals surface area (Å²) in [5, 5.41) is 0. The van der Waals surface area contributed by atoms with Gasteiger partial charge in [0.15, 0.2) is 0 Å². The van der Waals surface area contributed by atoms with Crippen molar-refractivity contribution in [2.75, 3.05) is 4.90 Å². The van der Waals surface area contributed by atoms with Gasteiger partial charge in [0.1, 0.15) is 0 Å². The Balaban J connectivity index is 1.94. The summed E-state index contributed by atoms with van der Waals surface area (Å²) < 4.78 is 31.6. The molecule has 3 rings (SSSR count). The maximum atomic E-state index is 12.3. The smallest absolute Gasteiger partial charge is 0.299 e. The van der Waals surface area contributed by atoms with E-state index < -0.39 is 26.7 Å². The van der Waals surface area contributed by atoms with Crippen molar-refractivity contribution >= 4 is 27.5 Å². The van der Waals surface area contributed by atoms with Crippen molar-refractivity contribution in [3.8, 4) is 0 Å². The number of anilines is 1. The van der Waals surface area contributed by atoms with Crippen molar-refractivity contribution in [1.82, 2.24) is 0 Å². The summed E-state index contributed by atoms with van der Waals surface area (Å²) in [6.45, 7) is 4.38. The minimum atomic E-state index is -4.44. The van der Waals surface area contributed by atoms with Crippen LogP contribution in [0.2, 0.25) is 0 Å². The van der Waals surface area contributed by atoms with Gasteiger partial charge in [-0.15, -0.1) is 0 Å². The first-order valence-corrected chi connectivity index (χ1v) is 9.19. The lowest BCUT2D eigenvalue weighted by Crippen LogP contribution is -2.29. The number of amides is 1. The van der Waals surface area contributed by atoms with Crippen molar-refractivity contribution in [1.29, 1.82) is 0 Å². The number of carbonyl (C=O) groups is 2. The summed E-state index contributed by atoms with van der Waals surface area (Å²) in [6.07, 6.45) is 0. The Morgan fingerprint density at radius 2 is 1.68 bits per heavy atom. The van der Waals surface area contributed by atoms with E-state index in [2.05, 4.69) is 13.8 Å². The molecule has 0 fully saturated rings. The molecule has 2 aromatic carbocycles. The molecule has 1 aliphatic rings. The molecule has 2 aromatic rings. The van der Waals surface area contributed by atoms with E-state index in [1.54, 1.807) is 0 Å². The third-order valence-electron chi connectivity index (χ3n) is 4.23. The first kappa shape index (κ1) is 17.3. The number of Topliss-reactive ketones (excluding diaryl/α,β-unsaturated/α-hetero) is 1. The average molecular weight is 359 g/mol. The Morgan fingerprint density at radius 3 is 2.24 bits per heavy atom. The van der Waals surface area contributed by atoms with Gasteiger partial charge in [-0.05, 0) is 35.2 Å². The largest absolute Gasteiger partial charge is 0.300 e. The molecule has 0 radical (unpaired) electrons. The van der Waals surface area contributed by atoms with Gasteiger partial charge in [-0.1, -0.05) is 38.1 Å². The van der Waals surface area contributed by atoms with Crippen LogP contribution in [-0.2, 0) is 21.5 Å². The summed E-state index contributed by atoms with van der Waals surface area (Å²) in [4.78, 5) is 25.3. The summed E-state index contributed by atoms with van der Waals surface area (Å²) in [7, 11) is -4.44. The summed E-state index contributed by atoms with van der Waals surface area (Å²) in [5.41, 5.74) is 2.36.